The minimum Gasteiger partial charge on any atom is -0.324 e. The summed E-state index contributed by atoms with van der Waals surface area (Å²) in [6.45, 7) is 1.48. The fraction of sp³-hybridized carbons (Fsp3) is 0.222. The number of hydrogen-bond acceptors (Lipinski definition) is 3. The molecule has 1 aliphatic heterocycles. The highest BCUT2D eigenvalue weighted by molar-refractivity contribution is 6.36. The zero-order valence-corrected chi connectivity index (χ0v) is 20.0. The summed E-state index contributed by atoms with van der Waals surface area (Å²) >= 11 is 14.8. The van der Waals surface area contributed by atoms with Crippen LogP contribution in [0.4, 0.5) is 10.1 Å². The smallest absolute Gasteiger partial charge is 0.247 e. The number of carbonyl (C=O) groups is 3. The summed E-state index contributed by atoms with van der Waals surface area (Å²) < 4.78 is 13.2. The third-order valence-electron chi connectivity index (χ3n) is 7.50. The van der Waals surface area contributed by atoms with Crippen molar-refractivity contribution in [3.63, 3.8) is 0 Å². The minimum atomic E-state index is -1.30. The van der Waals surface area contributed by atoms with Crippen LogP contribution in [0, 0.1) is 17.7 Å². The predicted molar refractivity (Wildman–Crippen MR) is 129 cm³/mol. The molecule has 0 saturated carbocycles. The van der Waals surface area contributed by atoms with Gasteiger partial charge < -0.3 is 5.32 Å². The Morgan fingerprint density at radius 1 is 0.829 bits per heavy atom. The van der Waals surface area contributed by atoms with E-state index in [1.165, 1.54) is 31.2 Å². The molecule has 4 aliphatic rings. The van der Waals surface area contributed by atoms with Gasteiger partial charge in [-0.15, -0.1) is 23.2 Å². The molecule has 3 aromatic carbocycles. The predicted octanol–water partition coefficient (Wildman–Crippen LogP) is 4.75. The number of amides is 3. The Kier molecular flexibility index (Phi) is 4.70. The number of rotatable bonds is 3. The van der Waals surface area contributed by atoms with Crippen molar-refractivity contribution in [1.82, 2.24) is 4.90 Å². The number of alkyl halides is 2. The Morgan fingerprint density at radius 2 is 1.23 bits per heavy atom. The number of imide groups is 1. The van der Waals surface area contributed by atoms with E-state index in [1.807, 2.05) is 48.5 Å². The first-order chi connectivity index (χ1) is 16.7. The van der Waals surface area contributed by atoms with Gasteiger partial charge >= 0.3 is 0 Å². The normalized spacial score (nSPS) is 28.9. The lowest BCUT2D eigenvalue weighted by Gasteiger charge is -2.54. The van der Waals surface area contributed by atoms with Crippen LogP contribution in [0.5, 0.6) is 0 Å². The van der Waals surface area contributed by atoms with E-state index in [4.69, 9.17) is 23.2 Å². The van der Waals surface area contributed by atoms with Crippen LogP contribution >= 0.6 is 23.2 Å². The maximum atomic E-state index is 13.9. The second-order valence-corrected chi connectivity index (χ2v) is 10.4. The monoisotopic (exact) mass is 508 g/mol. The second-order valence-electron chi connectivity index (χ2n) is 9.19. The van der Waals surface area contributed by atoms with Crippen LogP contribution in [0.2, 0.25) is 0 Å². The van der Waals surface area contributed by atoms with Crippen molar-refractivity contribution in [2.75, 3.05) is 5.32 Å². The van der Waals surface area contributed by atoms with Crippen LogP contribution in [-0.4, -0.2) is 28.7 Å². The summed E-state index contributed by atoms with van der Waals surface area (Å²) in [6, 6.07) is 18.8. The molecule has 0 spiro atoms. The molecule has 3 amide bonds. The molecule has 3 aromatic rings. The Balaban J connectivity index is 1.45. The highest BCUT2D eigenvalue weighted by Crippen LogP contribution is 2.69. The molecule has 0 radical (unpaired) electrons. The van der Waals surface area contributed by atoms with Gasteiger partial charge in [0.2, 0.25) is 17.7 Å². The van der Waals surface area contributed by atoms with Gasteiger partial charge in [-0.2, -0.15) is 0 Å². The van der Waals surface area contributed by atoms with Crippen molar-refractivity contribution in [1.29, 1.82) is 0 Å². The van der Waals surface area contributed by atoms with Crippen molar-refractivity contribution in [3.05, 3.63) is 101 Å². The lowest BCUT2D eigenvalue weighted by atomic mass is 9.54. The Bertz CT molecular complexity index is 1300. The highest BCUT2D eigenvalue weighted by Gasteiger charge is 2.73. The molecule has 1 fully saturated rings. The molecule has 3 aliphatic carbocycles. The van der Waals surface area contributed by atoms with E-state index < -0.39 is 51.2 Å². The van der Waals surface area contributed by atoms with E-state index in [2.05, 4.69) is 5.32 Å². The van der Waals surface area contributed by atoms with Gasteiger partial charge in [0.15, 0.2) is 0 Å². The first kappa shape index (κ1) is 22.3. The zero-order chi connectivity index (χ0) is 24.7. The quantitative estimate of drug-likeness (QED) is 0.410. The van der Waals surface area contributed by atoms with E-state index in [-0.39, 0.29) is 0 Å². The van der Waals surface area contributed by atoms with Crippen LogP contribution in [0.3, 0.4) is 0 Å². The number of carbonyl (C=O) groups excluding carboxylic acids is 3. The van der Waals surface area contributed by atoms with Gasteiger partial charge in [-0.1, -0.05) is 48.5 Å². The average molecular weight is 509 g/mol. The lowest BCUT2D eigenvalue weighted by Crippen LogP contribution is -2.57. The van der Waals surface area contributed by atoms with Crippen molar-refractivity contribution in [2.24, 2.45) is 11.8 Å². The molecule has 5 nitrogen and oxygen atoms in total. The molecule has 7 rings (SSSR count). The van der Waals surface area contributed by atoms with Gasteiger partial charge in [0.1, 0.15) is 21.6 Å². The molecule has 35 heavy (non-hydrogen) atoms. The molecule has 0 unspecified atom stereocenters. The highest BCUT2D eigenvalue weighted by atomic mass is 35.5. The Labute approximate surface area is 210 Å². The number of halogens is 3. The summed E-state index contributed by atoms with van der Waals surface area (Å²) in [4.78, 5) is 39.2. The zero-order valence-electron chi connectivity index (χ0n) is 18.5. The number of nitrogens with one attached hydrogen (secondary N) is 1. The average Bonchev–Trinajstić information content (AvgIpc) is 3.14. The SMILES string of the molecule is C[C@@H](C(=O)Nc1ccc(F)cc1)N1C(=O)[C@@H]2[C@H](C1=O)C1(Cl)c3ccccc3C2(Cl)c2ccccc21. The van der Waals surface area contributed by atoms with Crippen molar-refractivity contribution >= 4 is 46.6 Å². The van der Waals surface area contributed by atoms with Crippen LogP contribution in [0.25, 0.3) is 0 Å². The van der Waals surface area contributed by atoms with Crippen LogP contribution in [-0.2, 0) is 24.1 Å². The third kappa shape index (κ3) is 2.72. The summed E-state index contributed by atoms with van der Waals surface area (Å²) in [7, 11) is 0. The number of nitrogens with zero attached hydrogens (tertiary/aromatic N) is 1. The summed E-state index contributed by atoms with van der Waals surface area (Å²) in [5.41, 5.74) is 3.14. The molecule has 176 valence electrons. The summed E-state index contributed by atoms with van der Waals surface area (Å²) in [5.74, 6) is -4.04. The Hall–Kier alpha value is -3.22. The lowest BCUT2D eigenvalue weighted by molar-refractivity contribution is -0.146. The molecule has 1 heterocycles. The van der Waals surface area contributed by atoms with Crippen LogP contribution in [0.15, 0.2) is 72.8 Å². The first-order valence-electron chi connectivity index (χ1n) is 11.2. The first-order valence-corrected chi connectivity index (χ1v) is 12.0. The molecule has 3 atom stereocenters. The largest absolute Gasteiger partial charge is 0.324 e. The van der Waals surface area contributed by atoms with Crippen molar-refractivity contribution < 1.29 is 18.8 Å². The fourth-order valence-corrected chi connectivity index (χ4v) is 7.07. The van der Waals surface area contributed by atoms with E-state index >= 15 is 0 Å². The number of anilines is 1. The third-order valence-corrected chi connectivity index (χ3v) is 8.78. The number of benzene rings is 3. The van der Waals surface area contributed by atoms with Gasteiger partial charge in [0, 0.05) is 5.69 Å². The van der Waals surface area contributed by atoms with E-state index in [0.717, 1.165) is 4.90 Å². The summed E-state index contributed by atoms with van der Waals surface area (Å²) in [5, 5.41) is 2.64. The molecule has 1 N–H and O–H groups in total. The minimum absolute atomic E-state index is 0.349. The van der Waals surface area contributed by atoms with Gasteiger partial charge in [-0.25, -0.2) is 4.39 Å². The molecule has 1 saturated heterocycles. The maximum absolute atomic E-state index is 13.9. The van der Waals surface area contributed by atoms with Gasteiger partial charge in [0.25, 0.3) is 0 Å². The molecule has 2 bridgehead atoms. The van der Waals surface area contributed by atoms with E-state index in [9.17, 15) is 18.8 Å². The molecular formula is C27H19Cl2FN2O3. The van der Waals surface area contributed by atoms with Gasteiger partial charge in [-0.05, 0) is 53.4 Å². The standard InChI is InChI=1S/C27H19Cl2FN2O3/c1-14(23(33)31-16-12-10-15(30)11-13-16)32-24(34)21-22(25(32)35)27(29)18-7-3-2-6-17(18)26(21,28)19-8-4-5-9-20(19)27/h2-14,21-22H,1H3,(H,31,33)/t14-,21-,22+,26?,27?/m0/s1. The van der Waals surface area contributed by atoms with Crippen molar-refractivity contribution in [3.8, 4) is 0 Å². The fourth-order valence-electron chi connectivity index (χ4n) is 5.97. The van der Waals surface area contributed by atoms with Crippen molar-refractivity contribution in [2.45, 2.75) is 22.7 Å². The number of hydrogen-bond donors (Lipinski definition) is 1. The molecule has 0 aromatic heterocycles. The Morgan fingerprint density at radius 3 is 1.63 bits per heavy atom. The maximum Gasteiger partial charge on any atom is 0.247 e. The topological polar surface area (TPSA) is 66.5 Å². The summed E-state index contributed by atoms with van der Waals surface area (Å²) in [6.07, 6.45) is 0. The van der Waals surface area contributed by atoms with E-state index in [1.54, 1.807) is 0 Å². The van der Waals surface area contributed by atoms with Gasteiger partial charge in [0.05, 0.1) is 11.8 Å². The van der Waals surface area contributed by atoms with Gasteiger partial charge in [-0.3, -0.25) is 19.3 Å². The van der Waals surface area contributed by atoms with Crippen LogP contribution < -0.4 is 5.32 Å². The number of likely N-dealkylation sites (tertiary alicyclic amines) is 1. The van der Waals surface area contributed by atoms with E-state index in [0.29, 0.717) is 27.9 Å². The molecule has 8 heteroatoms. The van der Waals surface area contributed by atoms with Crippen LogP contribution in [0.1, 0.15) is 29.2 Å². The molecular weight excluding hydrogens is 490 g/mol. The second kappa shape index (κ2) is 7.39.